The second-order valence-corrected chi connectivity index (χ2v) is 6.37. The van der Waals surface area contributed by atoms with Crippen molar-refractivity contribution in [2.45, 2.75) is 71.0 Å². The minimum absolute atomic E-state index is 0.0334. The van der Waals surface area contributed by atoms with Gasteiger partial charge in [0.05, 0.1) is 5.41 Å². The predicted octanol–water partition coefficient (Wildman–Crippen LogP) is 0.808. The summed E-state index contributed by atoms with van der Waals surface area (Å²) in [6, 6.07) is -0.332. The fourth-order valence-electron chi connectivity index (χ4n) is 3.42. The van der Waals surface area contributed by atoms with Crippen LogP contribution in [-0.4, -0.2) is 69.8 Å². The van der Waals surface area contributed by atoms with Gasteiger partial charge in [-0.05, 0) is 32.7 Å². The van der Waals surface area contributed by atoms with Crippen molar-refractivity contribution in [3.8, 4) is 0 Å². The highest BCUT2D eigenvalue weighted by Crippen LogP contribution is 2.65. The molecule has 7 N–H and O–H groups in total. The highest BCUT2D eigenvalue weighted by Gasteiger charge is 2.70. The van der Waals surface area contributed by atoms with Crippen molar-refractivity contribution in [3.63, 3.8) is 0 Å². The van der Waals surface area contributed by atoms with Crippen molar-refractivity contribution < 1.29 is 29.7 Å². The molecule has 3 saturated carbocycles. The molecule has 0 amide bonds. The van der Waals surface area contributed by atoms with Crippen LogP contribution in [0, 0.1) is 5.41 Å². The van der Waals surface area contributed by atoms with Crippen LogP contribution in [0.3, 0.4) is 0 Å². The number of nitrogens with zero attached hydrogens (tertiary/aromatic N) is 1. The third-order valence-electron chi connectivity index (χ3n) is 4.39. The number of carboxylic acid groups (broad SMARTS) is 3. The number of likely N-dealkylation sites (N-methyl/N-ethyl adjacent to an activating group) is 1. The largest absolute Gasteiger partial charge is 0.483 e. The molecule has 4 aliphatic rings. The van der Waals surface area contributed by atoms with Gasteiger partial charge in [0, 0.05) is 18.1 Å². The average Bonchev–Trinajstić information content (AvgIpc) is 2.87. The number of hydrogen-bond acceptors (Lipinski definition) is 6. The van der Waals surface area contributed by atoms with E-state index in [1.165, 1.54) is 0 Å². The van der Waals surface area contributed by atoms with Crippen molar-refractivity contribution in [2.75, 3.05) is 13.6 Å². The Morgan fingerprint density at radius 1 is 1.12 bits per heavy atom. The number of hydrogen-bond donors (Lipinski definition) is 5. The smallest absolute Gasteiger partial charge is 0.320 e. The van der Waals surface area contributed by atoms with Crippen LogP contribution in [0.25, 0.3) is 0 Å². The summed E-state index contributed by atoms with van der Waals surface area (Å²) in [7, 11) is 1.78. The van der Waals surface area contributed by atoms with Crippen LogP contribution in [0.4, 0.5) is 0 Å². The van der Waals surface area contributed by atoms with E-state index < -0.39 is 11.9 Å². The third kappa shape index (κ3) is 6.89. The van der Waals surface area contributed by atoms with E-state index in [2.05, 4.69) is 0 Å². The normalized spacial score (nSPS) is 32.7. The first kappa shape index (κ1) is 26.5. The molecule has 3 aliphatic carbocycles. The molecule has 2 atom stereocenters. The first-order chi connectivity index (χ1) is 12.1. The Morgan fingerprint density at radius 2 is 1.50 bits per heavy atom. The van der Waals surface area contributed by atoms with Crippen molar-refractivity contribution in [1.29, 1.82) is 0 Å². The summed E-state index contributed by atoms with van der Waals surface area (Å²) in [4.78, 5) is 31.0. The van der Waals surface area contributed by atoms with Crippen LogP contribution < -0.4 is 11.5 Å². The first-order valence-corrected chi connectivity index (χ1v) is 8.88. The Kier molecular flexibility index (Phi) is 12.1. The van der Waals surface area contributed by atoms with E-state index in [0.29, 0.717) is 32.2 Å². The standard InChI is InChI=1S/C6H12N2O2.C6H9NO2.2C2H6.CH2O2/c1-8-3-4(7)2-5(8)6(9)10;7-6-1-5(2-6,3-6)4(8)9;2*1-2;2-1-3/h4-5H,2-3,7H2,1H3,(H,9,10);1-3,7H2,(H,8,9);2*1-2H3;1H,(H,2,3). The van der Waals surface area contributed by atoms with E-state index in [1.54, 1.807) is 11.9 Å². The number of rotatable bonds is 2. The van der Waals surface area contributed by atoms with Gasteiger partial charge >= 0.3 is 11.9 Å². The Bertz CT molecular complexity index is 438. The van der Waals surface area contributed by atoms with Gasteiger partial charge in [-0.25, -0.2) is 0 Å². The molecule has 1 saturated heterocycles. The SMILES string of the molecule is CC.CC.CN1CC(N)CC1C(=O)O.NC12CC(C(=O)O)(C1)C2.O=CO. The van der Waals surface area contributed by atoms with Gasteiger partial charge in [-0.3, -0.25) is 19.3 Å². The Balaban J connectivity index is 0. The lowest BCUT2D eigenvalue weighted by Crippen LogP contribution is -2.74. The summed E-state index contributed by atoms with van der Waals surface area (Å²) >= 11 is 0. The van der Waals surface area contributed by atoms with Crippen molar-refractivity contribution >= 4 is 18.4 Å². The fourth-order valence-corrected chi connectivity index (χ4v) is 3.42. The maximum Gasteiger partial charge on any atom is 0.320 e. The monoisotopic (exact) mass is 377 g/mol. The predicted molar refractivity (Wildman–Crippen MR) is 98.9 cm³/mol. The lowest BCUT2D eigenvalue weighted by Gasteiger charge is -2.66. The third-order valence-corrected chi connectivity index (χ3v) is 4.39. The van der Waals surface area contributed by atoms with Crippen LogP contribution >= 0.6 is 0 Å². The molecule has 4 fully saturated rings. The van der Waals surface area contributed by atoms with E-state index in [0.717, 1.165) is 0 Å². The van der Waals surface area contributed by atoms with Gasteiger partial charge in [-0.2, -0.15) is 0 Å². The molecule has 26 heavy (non-hydrogen) atoms. The van der Waals surface area contributed by atoms with Gasteiger partial charge in [0.15, 0.2) is 0 Å². The first-order valence-electron chi connectivity index (χ1n) is 8.88. The molecule has 1 aliphatic heterocycles. The number of aliphatic carboxylic acids is 2. The maximum absolute atomic E-state index is 10.5. The quantitative estimate of drug-likeness (QED) is 0.437. The van der Waals surface area contributed by atoms with Crippen LogP contribution in [0.2, 0.25) is 0 Å². The summed E-state index contributed by atoms with van der Waals surface area (Å²) < 4.78 is 0. The zero-order valence-corrected chi connectivity index (χ0v) is 16.4. The number of nitrogens with two attached hydrogens (primary N) is 2. The second-order valence-electron chi connectivity index (χ2n) is 6.37. The molecule has 0 aromatic carbocycles. The van der Waals surface area contributed by atoms with Crippen LogP contribution in [0.1, 0.15) is 53.4 Å². The lowest BCUT2D eigenvalue weighted by molar-refractivity contribution is -0.191. The van der Waals surface area contributed by atoms with Crippen molar-refractivity contribution in [1.82, 2.24) is 4.90 Å². The summed E-state index contributed by atoms with van der Waals surface area (Å²) in [5.74, 6) is -1.43. The van der Waals surface area contributed by atoms with Gasteiger partial charge < -0.3 is 26.8 Å². The van der Waals surface area contributed by atoms with E-state index >= 15 is 0 Å². The van der Waals surface area contributed by atoms with Gasteiger partial charge in [0.1, 0.15) is 6.04 Å². The zero-order chi connectivity index (χ0) is 21.1. The highest BCUT2D eigenvalue weighted by molar-refractivity contribution is 5.80. The average molecular weight is 377 g/mol. The molecule has 154 valence electrons. The number of likely N-dealkylation sites (tertiary alicyclic amines) is 1. The molecule has 0 radical (unpaired) electrons. The molecule has 0 aromatic heterocycles. The Morgan fingerprint density at radius 3 is 1.62 bits per heavy atom. The lowest BCUT2D eigenvalue weighted by atomic mass is 9.40. The van der Waals surface area contributed by atoms with Crippen molar-refractivity contribution in [3.05, 3.63) is 0 Å². The van der Waals surface area contributed by atoms with E-state index in [1.807, 2.05) is 27.7 Å². The van der Waals surface area contributed by atoms with Gasteiger partial charge in [0.2, 0.25) is 0 Å². The fraction of sp³-hybridized carbons (Fsp3) is 0.824. The minimum Gasteiger partial charge on any atom is -0.483 e. The summed E-state index contributed by atoms with van der Waals surface area (Å²) in [6.07, 6.45) is 2.69. The second kappa shape index (κ2) is 11.8. The maximum atomic E-state index is 10.5. The van der Waals surface area contributed by atoms with E-state index in [4.69, 9.17) is 31.6 Å². The Labute approximate surface area is 155 Å². The van der Waals surface area contributed by atoms with Crippen LogP contribution in [0.5, 0.6) is 0 Å². The highest BCUT2D eigenvalue weighted by atomic mass is 16.4. The van der Waals surface area contributed by atoms with Gasteiger partial charge in [0.25, 0.3) is 6.47 Å². The minimum atomic E-state index is -0.768. The molecule has 0 spiro atoms. The van der Waals surface area contributed by atoms with E-state index in [-0.39, 0.29) is 29.5 Å². The van der Waals surface area contributed by atoms with Crippen LogP contribution in [0.15, 0.2) is 0 Å². The molecule has 0 aromatic rings. The summed E-state index contributed by atoms with van der Waals surface area (Å²) in [5.41, 5.74) is 10.7. The zero-order valence-electron chi connectivity index (χ0n) is 16.4. The molecule has 1 heterocycles. The number of carbonyl (C=O) groups is 3. The molecular weight excluding hydrogens is 342 g/mol. The molecule has 9 nitrogen and oxygen atoms in total. The van der Waals surface area contributed by atoms with Crippen LogP contribution in [-0.2, 0) is 14.4 Å². The molecule has 4 rings (SSSR count). The summed E-state index contributed by atoms with van der Waals surface area (Å²) in [5, 5.41) is 24.1. The summed E-state index contributed by atoms with van der Waals surface area (Å²) in [6.45, 7) is 8.44. The molecule has 9 heteroatoms. The van der Waals surface area contributed by atoms with Gasteiger partial charge in [-0.1, -0.05) is 27.7 Å². The topological polar surface area (TPSA) is 167 Å². The molecule has 2 unspecified atom stereocenters. The molecular formula is C17H35N3O6. The van der Waals surface area contributed by atoms with Crippen molar-refractivity contribution in [2.24, 2.45) is 16.9 Å². The Hall–Kier alpha value is -1.71. The van der Waals surface area contributed by atoms with Gasteiger partial charge in [-0.15, -0.1) is 0 Å². The molecule has 2 bridgehead atoms. The van der Waals surface area contributed by atoms with E-state index in [9.17, 15) is 9.59 Å². The number of carboxylic acids is 2.